The Morgan fingerprint density at radius 2 is 1.70 bits per heavy atom. The molecule has 33 heavy (non-hydrogen) atoms. The van der Waals surface area contributed by atoms with Crippen LogP contribution in [0.25, 0.3) is 16.7 Å². The fourth-order valence-electron chi connectivity index (χ4n) is 4.79. The van der Waals surface area contributed by atoms with E-state index in [-0.39, 0.29) is 6.02 Å². The van der Waals surface area contributed by atoms with Gasteiger partial charge < -0.3 is 19.9 Å². The second-order valence-corrected chi connectivity index (χ2v) is 8.37. The molecule has 0 bridgehead atoms. The highest BCUT2D eigenvalue weighted by Crippen LogP contribution is 2.52. The molecule has 0 unspecified atom stereocenters. The molecule has 0 saturated heterocycles. The number of nitriles is 1. The number of fused-ring (bicyclic) bond motifs is 4. The molecule has 162 valence electrons. The molecule has 3 aromatic carbocycles. The van der Waals surface area contributed by atoms with Gasteiger partial charge in [0.05, 0.1) is 24.8 Å². The summed E-state index contributed by atoms with van der Waals surface area (Å²) in [4.78, 5) is 4.81. The zero-order valence-corrected chi connectivity index (χ0v) is 17.9. The second kappa shape index (κ2) is 7.51. The lowest BCUT2D eigenvalue weighted by molar-refractivity contribution is 0.161. The summed E-state index contributed by atoms with van der Waals surface area (Å²) in [6.45, 7) is 1.64. The Balaban J connectivity index is 1.52. The summed E-state index contributed by atoms with van der Waals surface area (Å²) in [6.07, 6.45) is 2.99. The highest BCUT2D eigenvalue weighted by atomic mass is 16.5. The van der Waals surface area contributed by atoms with E-state index in [4.69, 9.17) is 24.9 Å². The number of hydrogen-bond acceptors (Lipinski definition) is 6. The molecule has 0 saturated carbocycles. The minimum atomic E-state index is -0.794. The monoisotopic (exact) mass is 435 g/mol. The summed E-state index contributed by atoms with van der Waals surface area (Å²) >= 11 is 0. The Labute approximate surface area is 191 Å². The van der Waals surface area contributed by atoms with Gasteiger partial charge in [0.2, 0.25) is 0 Å². The third-order valence-electron chi connectivity index (χ3n) is 6.46. The van der Waals surface area contributed by atoms with Gasteiger partial charge in [0.25, 0.3) is 6.02 Å². The van der Waals surface area contributed by atoms with Gasteiger partial charge in [-0.2, -0.15) is 5.26 Å². The first-order chi connectivity index (χ1) is 16.2. The van der Waals surface area contributed by atoms with Crippen molar-refractivity contribution in [3.8, 4) is 28.7 Å². The molecule has 3 heterocycles. The van der Waals surface area contributed by atoms with Crippen LogP contribution in [0.5, 0.6) is 11.5 Å². The Bertz CT molecular complexity index is 1390. The van der Waals surface area contributed by atoms with Crippen LogP contribution in [0, 0.1) is 11.3 Å². The molecule has 6 nitrogen and oxygen atoms in total. The third kappa shape index (κ3) is 3.17. The van der Waals surface area contributed by atoms with Gasteiger partial charge in [-0.25, -0.2) is 4.99 Å². The highest BCUT2D eigenvalue weighted by molar-refractivity contribution is 5.79. The van der Waals surface area contributed by atoms with E-state index in [0.29, 0.717) is 25.4 Å². The summed E-state index contributed by atoms with van der Waals surface area (Å²) in [7, 11) is 0. The van der Waals surface area contributed by atoms with Gasteiger partial charge in [0.1, 0.15) is 18.1 Å². The summed E-state index contributed by atoms with van der Waals surface area (Å²) in [5, 5.41) is 9.31. The summed E-state index contributed by atoms with van der Waals surface area (Å²) < 4.78 is 17.5. The van der Waals surface area contributed by atoms with Crippen LogP contribution in [0.3, 0.4) is 0 Å². The fraction of sp³-hybridized carbons (Fsp3) is 0.185. The summed E-state index contributed by atoms with van der Waals surface area (Å²) in [6, 6.07) is 22.2. The topological polar surface area (TPSA) is 89.9 Å². The Kier molecular flexibility index (Phi) is 4.46. The normalized spacial score (nSPS) is 20.6. The first kappa shape index (κ1) is 19.6. The molecular formula is C27H21N3O3. The maximum Gasteiger partial charge on any atom is 0.283 e. The number of nitrogens with two attached hydrogens (primary N) is 1. The van der Waals surface area contributed by atoms with E-state index < -0.39 is 5.54 Å². The number of ether oxygens (including phenoxy) is 3. The molecule has 0 radical (unpaired) electrons. The molecule has 3 aliphatic rings. The molecular weight excluding hydrogens is 414 g/mol. The van der Waals surface area contributed by atoms with Crippen molar-refractivity contribution in [2.75, 3.05) is 19.8 Å². The minimum Gasteiger partial charge on any atom is -0.462 e. The lowest BCUT2D eigenvalue weighted by Crippen LogP contribution is -2.31. The molecule has 2 N–H and O–H groups in total. The van der Waals surface area contributed by atoms with Crippen LogP contribution in [0.15, 0.2) is 71.7 Å². The molecule has 0 fully saturated rings. The van der Waals surface area contributed by atoms with Crippen molar-refractivity contribution in [2.24, 2.45) is 10.7 Å². The van der Waals surface area contributed by atoms with Crippen LogP contribution in [0.1, 0.15) is 28.7 Å². The van der Waals surface area contributed by atoms with Crippen LogP contribution < -0.4 is 10.5 Å². The van der Waals surface area contributed by atoms with Gasteiger partial charge in [-0.05, 0) is 65.1 Å². The van der Waals surface area contributed by atoms with Crippen molar-refractivity contribution in [1.82, 2.24) is 0 Å². The summed E-state index contributed by atoms with van der Waals surface area (Å²) in [5.74, 6) is 1.47. The van der Waals surface area contributed by atoms with Crippen LogP contribution in [-0.4, -0.2) is 25.8 Å². The molecule has 1 atom stereocenters. The van der Waals surface area contributed by atoms with Gasteiger partial charge in [-0.15, -0.1) is 0 Å². The average Bonchev–Trinajstić information content (AvgIpc) is 3.26. The van der Waals surface area contributed by atoms with Crippen molar-refractivity contribution in [3.63, 3.8) is 0 Å². The van der Waals surface area contributed by atoms with Crippen molar-refractivity contribution in [2.45, 2.75) is 12.0 Å². The zero-order valence-electron chi connectivity index (χ0n) is 17.9. The van der Waals surface area contributed by atoms with E-state index in [0.717, 1.165) is 45.7 Å². The maximum atomic E-state index is 9.31. The van der Waals surface area contributed by atoms with Gasteiger partial charge in [0, 0.05) is 11.1 Å². The van der Waals surface area contributed by atoms with E-state index in [1.54, 1.807) is 6.07 Å². The third-order valence-corrected chi connectivity index (χ3v) is 6.46. The van der Waals surface area contributed by atoms with Crippen molar-refractivity contribution in [1.29, 1.82) is 5.26 Å². The summed E-state index contributed by atoms with van der Waals surface area (Å²) in [5.41, 5.74) is 12.0. The van der Waals surface area contributed by atoms with Crippen LogP contribution in [-0.2, 0) is 15.0 Å². The van der Waals surface area contributed by atoms with E-state index >= 15 is 0 Å². The number of benzene rings is 3. The Morgan fingerprint density at radius 3 is 2.39 bits per heavy atom. The van der Waals surface area contributed by atoms with Gasteiger partial charge in [-0.1, -0.05) is 30.3 Å². The lowest BCUT2D eigenvalue weighted by atomic mass is 9.79. The SMILES string of the molecule is N#Cc1cccc(-c2ccc3c(c2)[C@@]2(COC(N)=N2)c2cc(C4=CCOCC4)ccc2O3)c1. The fourth-order valence-corrected chi connectivity index (χ4v) is 4.79. The molecule has 0 aromatic heterocycles. The standard InChI is InChI=1S/C27H21N3O3/c28-15-17-2-1-3-19(12-17)21-5-7-25-23(14-21)27(16-32-26(29)30-27)22-13-20(4-6-24(22)33-25)18-8-10-31-11-9-18/h1-8,12-14H,9-11,16H2,(H2,29,30)/t27-/m1/s1. The van der Waals surface area contributed by atoms with Crippen molar-refractivity contribution >= 4 is 11.6 Å². The molecule has 6 heteroatoms. The highest BCUT2D eigenvalue weighted by Gasteiger charge is 2.47. The first-order valence-electron chi connectivity index (χ1n) is 10.9. The molecule has 6 rings (SSSR count). The van der Waals surface area contributed by atoms with Crippen LogP contribution in [0.2, 0.25) is 0 Å². The number of hydrogen-bond donors (Lipinski definition) is 1. The maximum absolute atomic E-state index is 9.31. The first-order valence-corrected chi connectivity index (χ1v) is 10.9. The smallest absolute Gasteiger partial charge is 0.283 e. The molecule has 1 spiro atoms. The predicted molar refractivity (Wildman–Crippen MR) is 125 cm³/mol. The predicted octanol–water partition coefficient (Wildman–Crippen LogP) is 4.72. The number of nitrogens with zero attached hydrogens (tertiary/aromatic N) is 2. The lowest BCUT2D eigenvalue weighted by Gasteiger charge is -2.34. The van der Waals surface area contributed by atoms with E-state index in [1.807, 2.05) is 36.4 Å². The van der Waals surface area contributed by atoms with Crippen molar-refractivity contribution < 1.29 is 14.2 Å². The number of rotatable bonds is 2. The van der Waals surface area contributed by atoms with Gasteiger partial charge in [-0.3, -0.25) is 0 Å². The largest absolute Gasteiger partial charge is 0.462 e. The van der Waals surface area contributed by atoms with E-state index in [1.165, 1.54) is 5.57 Å². The van der Waals surface area contributed by atoms with Crippen LogP contribution in [0.4, 0.5) is 0 Å². The quantitative estimate of drug-likeness (QED) is 0.629. The van der Waals surface area contributed by atoms with Crippen LogP contribution >= 0.6 is 0 Å². The van der Waals surface area contributed by atoms with Gasteiger partial charge in [0.15, 0.2) is 5.54 Å². The van der Waals surface area contributed by atoms with E-state index in [2.05, 4.69) is 30.3 Å². The molecule has 3 aromatic rings. The van der Waals surface area contributed by atoms with E-state index in [9.17, 15) is 5.26 Å². The molecule has 0 aliphatic carbocycles. The number of amidine groups is 1. The molecule has 3 aliphatic heterocycles. The number of aliphatic imine (C=N–C) groups is 1. The average molecular weight is 435 g/mol. The Morgan fingerprint density at radius 1 is 0.939 bits per heavy atom. The second-order valence-electron chi connectivity index (χ2n) is 8.37. The Hall–Kier alpha value is -4.08. The molecule has 0 amide bonds. The van der Waals surface area contributed by atoms with Gasteiger partial charge >= 0.3 is 0 Å². The minimum absolute atomic E-state index is 0.168. The zero-order chi connectivity index (χ0) is 22.4. The van der Waals surface area contributed by atoms with Crippen molar-refractivity contribution in [3.05, 3.63) is 89.0 Å².